The second kappa shape index (κ2) is 7.65. The Bertz CT molecular complexity index is 925. The Morgan fingerprint density at radius 3 is 2.50 bits per heavy atom. The summed E-state index contributed by atoms with van der Waals surface area (Å²) in [5.41, 5.74) is 1.74. The molecule has 2 aromatic rings. The molecule has 0 atom stereocenters. The van der Waals surface area contributed by atoms with E-state index in [0.717, 1.165) is 31.6 Å². The molecule has 0 aromatic heterocycles. The maximum absolute atomic E-state index is 12.7. The predicted molar refractivity (Wildman–Crippen MR) is 104 cm³/mol. The monoisotopic (exact) mass is 393 g/mol. The van der Waals surface area contributed by atoms with Crippen molar-refractivity contribution in [1.29, 1.82) is 0 Å². The zero-order valence-electron chi connectivity index (χ0n) is 14.3. The molecule has 0 spiro atoms. The summed E-state index contributed by atoms with van der Waals surface area (Å²) in [6.45, 7) is 1.90. The number of benzene rings is 2. The molecule has 1 aliphatic rings. The van der Waals surface area contributed by atoms with Crippen LogP contribution >= 0.6 is 11.6 Å². The van der Waals surface area contributed by atoms with Crippen LogP contribution in [0.25, 0.3) is 0 Å². The average molecular weight is 394 g/mol. The highest BCUT2D eigenvalue weighted by Gasteiger charge is 2.20. The highest BCUT2D eigenvalue weighted by molar-refractivity contribution is 7.89. The molecule has 0 radical (unpaired) electrons. The third kappa shape index (κ3) is 3.85. The Morgan fingerprint density at radius 2 is 1.81 bits per heavy atom. The largest absolute Gasteiger partial charge is 0.370 e. The maximum Gasteiger partial charge on any atom is 0.257 e. The topological polar surface area (TPSA) is 78.5 Å². The van der Waals surface area contributed by atoms with Crippen LogP contribution in [0.5, 0.6) is 0 Å². The van der Waals surface area contributed by atoms with Crippen molar-refractivity contribution in [2.75, 3.05) is 30.4 Å². The zero-order chi connectivity index (χ0) is 18.7. The Morgan fingerprint density at radius 1 is 1.12 bits per heavy atom. The summed E-state index contributed by atoms with van der Waals surface area (Å²) in [4.78, 5) is 14.9. The van der Waals surface area contributed by atoms with Gasteiger partial charge in [0.05, 0.1) is 26.9 Å². The van der Waals surface area contributed by atoms with Crippen molar-refractivity contribution in [3.05, 3.63) is 53.1 Å². The van der Waals surface area contributed by atoms with E-state index in [1.54, 1.807) is 0 Å². The quantitative estimate of drug-likeness (QED) is 0.818. The first kappa shape index (κ1) is 18.7. The normalized spacial score (nSPS) is 14.5. The number of anilines is 2. The fourth-order valence-corrected chi connectivity index (χ4v) is 3.93. The van der Waals surface area contributed by atoms with Gasteiger partial charge in [0.2, 0.25) is 10.0 Å². The lowest BCUT2D eigenvalue weighted by Crippen LogP contribution is -2.22. The molecule has 1 heterocycles. The number of carbonyl (C=O) groups excluding carboxylic acids is 1. The summed E-state index contributed by atoms with van der Waals surface area (Å²) in [7, 11) is -2.35. The minimum absolute atomic E-state index is 0.0117. The van der Waals surface area contributed by atoms with E-state index < -0.39 is 15.9 Å². The Kier molecular flexibility index (Phi) is 5.50. The third-order valence-corrected chi connectivity index (χ3v) is 6.10. The van der Waals surface area contributed by atoms with Gasteiger partial charge in [-0.2, -0.15) is 0 Å². The van der Waals surface area contributed by atoms with E-state index in [1.807, 2.05) is 24.3 Å². The number of carbonyl (C=O) groups is 1. The van der Waals surface area contributed by atoms with E-state index in [9.17, 15) is 13.2 Å². The number of rotatable bonds is 5. The molecule has 1 aliphatic heterocycles. The minimum atomic E-state index is -3.66. The van der Waals surface area contributed by atoms with Gasteiger partial charge in [0.1, 0.15) is 0 Å². The fourth-order valence-electron chi connectivity index (χ4n) is 2.97. The Labute approximate surface area is 158 Å². The van der Waals surface area contributed by atoms with Crippen molar-refractivity contribution in [3.63, 3.8) is 0 Å². The molecule has 2 aromatic carbocycles. The molecule has 1 saturated heterocycles. The van der Waals surface area contributed by atoms with Crippen molar-refractivity contribution < 1.29 is 13.2 Å². The number of nitrogens with zero attached hydrogens (tertiary/aromatic N) is 1. The Balaban J connectivity index is 1.91. The highest BCUT2D eigenvalue weighted by atomic mass is 35.5. The summed E-state index contributed by atoms with van der Waals surface area (Å²) < 4.78 is 26.2. The first-order chi connectivity index (χ1) is 12.4. The van der Waals surface area contributed by atoms with Crippen LogP contribution < -0.4 is 14.9 Å². The summed E-state index contributed by atoms with van der Waals surface area (Å²) >= 11 is 6.13. The van der Waals surface area contributed by atoms with E-state index in [1.165, 1.54) is 25.2 Å². The number of amides is 1. The number of halogens is 1. The van der Waals surface area contributed by atoms with E-state index >= 15 is 0 Å². The minimum Gasteiger partial charge on any atom is -0.370 e. The molecule has 0 unspecified atom stereocenters. The second-order valence-corrected chi connectivity index (χ2v) is 8.31. The molecule has 1 fully saturated rings. The van der Waals surface area contributed by atoms with Gasteiger partial charge in [-0.25, -0.2) is 13.1 Å². The first-order valence-electron chi connectivity index (χ1n) is 8.31. The number of nitrogens with one attached hydrogen (secondary N) is 2. The summed E-state index contributed by atoms with van der Waals surface area (Å²) in [5, 5.41) is 3.05. The molecule has 2 N–H and O–H groups in total. The van der Waals surface area contributed by atoms with Gasteiger partial charge in [-0.1, -0.05) is 23.7 Å². The number of hydrogen-bond donors (Lipinski definition) is 2. The van der Waals surface area contributed by atoms with Crippen LogP contribution in [-0.4, -0.2) is 34.5 Å². The van der Waals surface area contributed by atoms with E-state index in [-0.39, 0.29) is 15.5 Å². The molecule has 26 heavy (non-hydrogen) atoms. The smallest absolute Gasteiger partial charge is 0.257 e. The summed E-state index contributed by atoms with van der Waals surface area (Å²) in [6.07, 6.45) is 2.25. The van der Waals surface area contributed by atoms with Crippen molar-refractivity contribution in [2.24, 2.45) is 0 Å². The molecule has 3 rings (SSSR count). The predicted octanol–water partition coefficient (Wildman–Crippen LogP) is 3.10. The van der Waals surface area contributed by atoms with Crippen LogP contribution in [0.3, 0.4) is 0 Å². The molecule has 8 heteroatoms. The highest BCUT2D eigenvalue weighted by Crippen LogP contribution is 2.30. The van der Waals surface area contributed by atoms with E-state index in [0.29, 0.717) is 5.69 Å². The van der Waals surface area contributed by atoms with Gasteiger partial charge in [-0.05, 0) is 50.2 Å². The van der Waals surface area contributed by atoms with Crippen molar-refractivity contribution in [3.8, 4) is 0 Å². The number of para-hydroxylation sites is 2. The van der Waals surface area contributed by atoms with Crippen LogP contribution in [-0.2, 0) is 10.0 Å². The molecular formula is C18H20ClN3O3S. The van der Waals surface area contributed by atoms with E-state index in [4.69, 9.17) is 11.6 Å². The molecular weight excluding hydrogens is 374 g/mol. The molecule has 138 valence electrons. The van der Waals surface area contributed by atoms with Crippen LogP contribution in [0.4, 0.5) is 11.4 Å². The maximum atomic E-state index is 12.7. The van der Waals surface area contributed by atoms with Crippen molar-refractivity contribution >= 4 is 38.9 Å². The SMILES string of the molecule is CNS(=O)(=O)c1ccc(Cl)c(C(=O)Nc2ccccc2N2CCCC2)c1. The number of sulfonamides is 1. The summed E-state index contributed by atoms with van der Waals surface area (Å²) in [5.74, 6) is -0.449. The lowest BCUT2D eigenvalue weighted by Gasteiger charge is -2.21. The lowest BCUT2D eigenvalue weighted by molar-refractivity contribution is 0.102. The standard InChI is InChI=1S/C18H20ClN3O3S/c1-20-26(24,25)13-8-9-15(19)14(12-13)18(23)21-16-6-2-3-7-17(16)22-10-4-5-11-22/h2-3,6-9,12,20H,4-5,10-11H2,1H3,(H,21,23). The summed E-state index contributed by atoms with van der Waals surface area (Å²) in [6, 6.07) is 11.6. The van der Waals surface area contributed by atoms with Crippen LogP contribution in [0, 0.1) is 0 Å². The molecule has 6 nitrogen and oxygen atoms in total. The van der Waals surface area contributed by atoms with E-state index in [2.05, 4.69) is 14.9 Å². The van der Waals surface area contributed by atoms with Crippen LogP contribution in [0.15, 0.2) is 47.4 Å². The average Bonchev–Trinajstić information content (AvgIpc) is 3.16. The molecule has 1 amide bonds. The third-order valence-electron chi connectivity index (χ3n) is 4.36. The van der Waals surface area contributed by atoms with Gasteiger partial charge >= 0.3 is 0 Å². The van der Waals surface area contributed by atoms with Crippen LogP contribution in [0.1, 0.15) is 23.2 Å². The molecule has 0 bridgehead atoms. The van der Waals surface area contributed by atoms with Crippen molar-refractivity contribution in [1.82, 2.24) is 4.72 Å². The first-order valence-corrected chi connectivity index (χ1v) is 10.2. The van der Waals surface area contributed by atoms with Gasteiger partial charge in [0.25, 0.3) is 5.91 Å². The van der Waals surface area contributed by atoms with Crippen molar-refractivity contribution in [2.45, 2.75) is 17.7 Å². The fraction of sp³-hybridized carbons (Fsp3) is 0.278. The van der Waals surface area contributed by atoms with Gasteiger partial charge in [0.15, 0.2) is 0 Å². The zero-order valence-corrected chi connectivity index (χ0v) is 15.9. The van der Waals surface area contributed by atoms with Gasteiger partial charge in [-0.15, -0.1) is 0 Å². The molecule has 0 aliphatic carbocycles. The molecule has 0 saturated carbocycles. The second-order valence-electron chi connectivity index (χ2n) is 6.01. The van der Waals surface area contributed by atoms with Gasteiger partial charge < -0.3 is 10.2 Å². The van der Waals surface area contributed by atoms with Crippen LogP contribution in [0.2, 0.25) is 5.02 Å². The van der Waals surface area contributed by atoms with Gasteiger partial charge in [-0.3, -0.25) is 4.79 Å². The Hall–Kier alpha value is -2.09. The van der Waals surface area contributed by atoms with Gasteiger partial charge in [0, 0.05) is 13.1 Å². The lowest BCUT2D eigenvalue weighted by atomic mass is 10.2. The number of hydrogen-bond acceptors (Lipinski definition) is 4.